The predicted molar refractivity (Wildman–Crippen MR) is 99.0 cm³/mol. The molecule has 0 unspecified atom stereocenters. The summed E-state index contributed by atoms with van der Waals surface area (Å²) in [5.74, 6) is 1.27. The third-order valence-electron chi connectivity index (χ3n) is 4.50. The molecule has 1 aliphatic heterocycles. The molecule has 0 spiro atoms. The Bertz CT molecular complexity index is 674. The van der Waals surface area contributed by atoms with Crippen molar-refractivity contribution in [3.05, 3.63) is 51.7 Å². The van der Waals surface area contributed by atoms with Gasteiger partial charge in [-0.3, -0.25) is 4.79 Å². The van der Waals surface area contributed by atoms with Crippen LogP contribution in [0.25, 0.3) is 0 Å². The Kier molecular flexibility index (Phi) is 5.16. The van der Waals surface area contributed by atoms with E-state index in [1.165, 1.54) is 5.56 Å². The van der Waals surface area contributed by atoms with Gasteiger partial charge in [0.25, 0.3) is 5.91 Å². The summed E-state index contributed by atoms with van der Waals surface area (Å²) in [6.07, 6.45) is 2.03. The lowest BCUT2D eigenvalue weighted by molar-refractivity contribution is -0.146. The highest BCUT2D eigenvalue weighted by atomic mass is 35.5. The number of piperidine rings is 1. The number of thiophene rings is 1. The molecule has 0 N–H and O–H groups in total. The van der Waals surface area contributed by atoms with Crippen LogP contribution in [-0.4, -0.2) is 29.5 Å². The van der Waals surface area contributed by atoms with Crippen LogP contribution in [0.2, 0.25) is 5.02 Å². The number of likely N-dealkylation sites (tertiary alicyclic amines) is 1. The van der Waals surface area contributed by atoms with Crippen LogP contribution in [0.4, 0.5) is 0 Å². The van der Waals surface area contributed by atoms with Gasteiger partial charge in [0.1, 0.15) is 5.75 Å². The van der Waals surface area contributed by atoms with Crippen LogP contribution >= 0.6 is 22.9 Å². The molecule has 3 nitrogen and oxygen atoms in total. The van der Waals surface area contributed by atoms with E-state index < -0.39 is 5.60 Å². The van der Waals surface area contributed by atoms with Crippen molar-refractivity contribution in [1.82, 2.24) is 4.90 Å². The van der Waals surface area contributed by atoms with Gasteiger partial charge in [-0.25, -0.2) is 0 Å². The fourth-order valence-electron chi connectivity index (χ4n) is 3.14. The zero-order chi connectivity index (χ0) is 17.2. The van der Waals surface area contributed by atoms with Crippen LogP contribution in [0.5, 0.6) is 5.75 Å². The van der Waals surface area contributed by atoms with Gasteiger partial charge in [0.05, 0.1) is 0 Å². The number of halogens is 1. The quantitative estimate of drug-likeness (QED) is 0.767. The Labute approximate surface area is 152 Å². The first-order valence-electron chi connectivity index (χ1n) is 8.22. The zero-order valence-corrected chi connectivity index (χ0v) is 15.6. The molecule has 3 rings (SSSR count). The maximum atomic E-state index is 12.9. The fourth-order valence-corrected chi connectivity index (χ4v) is 4.01. The van der Waals surface area contributed by atoms with E-state index in [4.69, 9.17) is 16.3 Å². The average molecular weight is 364 g/mol. The Hall–Kier alpha value is -1.52. The van der Waals surface area contributed by atoms with Crippen molar-refractivity contribution < 1.29 is 9.53 Å². The zero-order valence-electron chi connectivity index (χ0n) is 14.0. The van der Waals surface area contributed by atoms with Crippen LogP contribution in [0, 0.1) is 0 Å². The average Bonchev–Trinajstić information content (AvgIpc) is 3.11. The molecule has 1 saturated heterocycles. The molecule has 2 aromatic rings. The number of carbonyl (C=O) groups is 1. The Morgan fingerprint density at radius 2 is 1.88 bits per heavy atom. The van der Waals surface area contributed by atoms with E-state index in [9.17, 15) is 4.79 Å². The lowest BCUT2D eigenvalue weighted by Crippen LogP contribution is -2.51. The highest BCUT2D eigenvalue weighted by Crippen LogP contribution is 2.31. The van der Waals surface area contributed by atoms with Crippen molar-refractivity contribution in [3.8, 4) is 5.75 Å². The highest BCUT2D eigenvalue weighted by molar-refractivity contribution is 7.07. The Morgan fingerprint density at radius 3 is 2.46 bits per heavy atom. The molecule has 0 atom stereocenters. The summed E-state index contributed by atoms with van der Waals surface area (Å²) in [4.78, 5) is 14.8. The molecular weight excluding hydrogens is 342 g/mol. The molecule has 2 heterocycles. The summed E-state index contributed by atoms with van der Waals surface area (Å²) in [7, 11) is 0. The summed E-state index contributed by atoms with van der Waals surface area (Å²) < 4.78 is 5.92. The molecule has 0 saturated carbocycles. The van der Waals surface area contributed by atoms with E-state index in [0.29, 0.717) is 16.7 Å². The van der Waals surface area contributed by atoms with Crippen molar-refractivity contribution in [3.63, 3.8) is 0 Å². The van der Waals surface area contributed by atoms with Crippen molar-refractivity contribution in [2.45, 2.75) is 38.2 Å². The smallest absolute Gasteiger partial charge is 0.266 e. The van der Waals surface area contributed by atoms with Gasteiger partial charge in [-0.05, 0) is 79.3 Å². The Morgan fingerprint density at radius 1 is 1.21 bits per heavy atom. The van der Waals surface area contributed by atoms with Crippen LogP contribution in [0.3, 0.4) is 0 Å². The normalized spacial score (nSPS) is 16.2. The number of benzene rings is 1. The summed E-state index contributed by atoms with van der Waals surface area (Å²) in [6.45, 7) is 5.23. The minimum atomic E-state index is -0.886. The van der Waals surface area contributed by atoms with Gasteiger partial charge >= 0.3 is 0 Å². The number of hydrogen-bond donors (Lipinski definition) is 0. The van der Waals surface area contributed by atoms with Crippen LogP contribution < -0.4 is 4.74 Å². The van der Waals surface area contributed by atoms with Gasteiger partial charge in [-0.15, -0.1) is 0 Å². The molecule has 1 aromatic heterocycles. The molecule has 1 aliphatic rings. The molecule has 1 aromatic carbocycles. The third kappa shape index (κ3) is 3.93. The second-order valence-corrected chi connectivity index (χ2v) is 7.91. The lowest BCUT2D eigenvalue weighted by Gasteiger charge is -2.37. The number of carbonyl (C=O) groups excluding carboxylic acids is 1. The van der Waals surface area contributed by atoms with Crippen LogP contribution in [-0.2, 0) is 4.79 Å². The second kappa shape index (κ2) is 7.16. The number of amides is 1. The largest absolute Gasteiger partial charge is 0.478 e. The molecule has 1 fully saturated rings. The first-order chi connectivity index (χ1) is 11.5. The molecule has 24 heavy (non-hydrogen) atoms. The van der Waals surface area contributed by atoms with E-state index >= 15 is 0 Å². The monoisotopic (exact) mass is 363 g/mol. The molecule has 1 amide bonds. The van der Waals surface area contributed by atoms with E-state index in [2.05, 4.69) is 16.8 Å². The fraction of sp³-hybridized carbons (Fsp3) is 0.421. The van der Waals surface area contributed by atoms with Crippen molar-refractivity contribution in [1.29, 1.82) is 0 Å². The van der Waals surface area contributed by atoms with Gasteiger partial charge in [0.15, 0.2) is 5.60 Å². The van der Waals surface area contributed by atoms with Gasteiger partial charge in [-0.1, -0.05) is 11.6 Å². The van der Waals surface area contributed by atoms with E-state index in [0.717, 1.165) is 25.9 Å². The van der Waals surface area contributed by atoms with E-state index in [1.807, 2.05) is 18.7 Å². The SMILES string of the molecule is CC(C)(Oc1ccc(Cl)cc1)C(=O)N1CCC(c2ccsc2)CC1. The first-order valence-corrected chi connectivity index (χ1v) is 9.54. The van der Waals surface area contributed by atoms with E-state index in [1.54, 1.807) is 35.6 Å². The van der Waals surface area contributed by atoms with Crippen LogP contribution in [0.1, 0.15) is 38.2 Å². The molecule has 0 bridgehead atoms. The van der Waals surface area contributed by atoms with Crippen LogP contribution in [0.15, 0.2) is 41.1 Å². The van der Waals surface area contributed by atoms with Gasteiger partial charge < -0.3 is 9.64 Å². The number of nitrogens with zero attached hydrogens (tertiary/aromatic N) is 1. The van der Waals surface area contributed by atoms with Crippen molar-refractivity contribution >= 4 is 28.8 Å². The van der Waals surface area contributed by atoms with Crippen molar-refractivity contribution in [2.24, 2.45) is 0 Å². The number of ether oxygens (including phenoxy) is 1. The second-order valence-electron chi connectivity index (χ2n) is 6.69. The summed E-state index contributed by atoms with van der Waals surface area (Å²) >= 11 is 7.63. The molecular formula is C19H22ClNO2S. The minimum Gasteiger partial charge on any atom is -0.478 e. The third-order valence-corrected chi connectivity index (χ3v) is 5.45. The first kappa shape index (κ1) is 17.3. The topological polar surface area (TPSA) is 29.5 Å². The standard InChI is InChI=1S/C19H22ClNO2S/c1-19(2,23-17-5-3-16(20)4-6-17)18(22)21-10-7-14(8-11-21)15-9-12-24-13-15/h3-6,9,12-14H,7-8,10-11H2,1-2H3. The lowest BCUT2D eigenvalue weighted by atomic mass is 9.90. The molecule has 0 radical (unpaired) electrons. The number of hydrogen-bond acceptors (Lipinski definition) is 3. The number of rotatable bonds is 4. The maximum absolute atomic E-state index is 12.9. The summed E-state index contributed by atoms with van der Waals surface area (Å²) in [5.41, 5.74) is 0.520. The van der Waals surface area contributed by atoms with Gasteiger partial charge in [-0.2, -0.15) is 11.3 Å². The Balaban J connectivity index is 1.60. The van der Waals surface area contributed by atoms with E-state index in [-0.39, 0.29) is 5.91 Å². The maximum Gasteiger partial charge on any atom is 0.266 e. The van der Waals surface area contributed by atoms with Gasteiger partial charge in [0, 0.05) is 18.1 Å². The summed E-state index contributed by atoms with van der Waals surface area (Å²) in [6, 6.07) is 9.31. The molecule has 0 aliphatic carbocycles. The minimum absolute atomic E-state index is 0.0428. The van der Waals surface area contributed by atoms with Crippen molar-refractivity contribution in [2.75, 3.05) is 13.1 Å². The van der Waals surface area contributed by atoms with Gasteiger partial charge in [0.2, 0.25) is 0 Å². The highest BCUT2D eigenvalue weighted by Gasteiger charge is 2.36. The molecule has 128 valence electrons. The predicted octanol–water partition coefficient (Wildman–Crippen LogP) is 4.97. The summed E-state index contributed by atoms with van der Waals surface area (Å²) in [5, 5.41) is 4.99. The molecule has 5 heteroatoms.